The van der Waals surface area contributed by atoms with E-state index in [4.69, 9.17) is 21.1 Å². The van der Waals surface area contributed by atoms with Crippen molar-refractivity contribution >= 4 is 33.5 Å². The van der Waals surface area contributed by atoms with Crippen LogP contribution in [-0.2, 0) is 10.9 Å². The number of carbonyl (C=O) groups excluding carboxylic acids is 1. The van der Waals surface area contributed by atoms with Gasteiger partial charge in [-0.1, -0.05) is 11.6 Å². The topological polar surface area (TPSA) is 35.5 Å². The predicted octanol–water partition coefficient (Wildman–Crippen LogP) is 6.09. The van der Waals surface area contributed by atoms with E-state index in [1.165, 1.54) is 18.2 Å². The van der Waals surface area contributed by atoms with Crippen LogP contribution in [0.4, 0.5) is 13.2 Å². The van der Waals surface area contributed by atoms with Gasteiger partial charge in [0.25, 0.3) is 0 Å². The Hall–Kier alpha value is -1.73. The van der Waals surface area contributed by atoms with Crippen molar-refractivity contribution in [2.45, 2.75) is 13.1 Å². The molecule has 2 aromatic rings. The van der Waals surface area contributed by atoms with Crippen LogP contribution >= 0.6 is 27.5 Å². The third kappa shape index (κ3) is 4.42. The highest BCUT2D eigenvalue weighted by Gasteiger charge is 2.31. The lowest BCUT2D eigenvalue weighted by Crippen LogP contribution is -2.06. The molecule has 0 atom stereocenters. The average molecular weight is 424 g/mol. The highest BCUT2D eigenvalue weighted by atomic mass is 79.9. The molecule has 0 bridgehead atoms. The fourth-order valence-electron chi connectivity index (χ4n) is 1.82. The third-order valence-electron chi connectivity index (χ3n) is 2.92. The first kappa shape index (κ1) is 18.6. The smallest absolute Gasteiger partial charge is 0.416 e. The van der Waals surface area contributed by atoms with Gasteiger partial charge in [0.15, 0.2) is 0 Å². The average Bonchev–Trinajstić information content (AvgIpc) is 2.50. The van der Waals surface area contributed by atoms with E-state index >= 15 is 0 Å². The lowest BCUT2D eigenvalue weighted by atomic mass is 10.2. The van der Waals surface area contributed by atoms with Crippen LogP contribution in [-0.4, -0.2) is 12.6 Å². The number of rotatable bonds is 4. The summed E-state index contributed by atoms with van der Waals surface area (Å²) in [6.45, 7) is 1.85. The van der Waals surface area contributed by atoms with Crippen LogP contribution in [0.25, 0.3) is 0 Å². The van der Waals surface area contributed by atoms with Crippen molar-refractivity contribution in [3.63, 3.8) is 0 Å². The minimum Gasteiger partial charge on any atom is -0.462 e. The normalized spacial score (nSPS) is 11.2. The zero-order valence-corrected chi connectivity index (χ0v) is 14.6. The van der Waals surface area contributed by atoms with Gasteiger partial charge in [0.1, 0.15) is 11.5 Å². The Morgan fingerprint density at radius 2 is 1.92 bits per heavy atom. The van der Waals surface area contributed by atoms with Gasteiger partial charge in [-0.3, -0.25) is 0 Å². The molecule has 2 aromatic carbocycles. The minimum absolute atomic E-state index is 0.0172. The second-order valence-electron chi connectivity index (χ2n) is 4.61. The molecule has 0 saturated carbocycles. The van der Waals surface area contributed by atoms with Crippen LogP contribution in [0.1, 0.15) is 22.8 Å². The number of esters is 1. The van der Waals surface area contributed by atoms with E-state index in [-0.39, 0.29) is 28.7 Å². The maximum Gasteiger partial charge on any atom is 0.416 e. The highest BCUT2D eigenvalue weighted by Crippen LogP contribution is 2.37. The summed E-state index contributed by atoms with van der Waals surface area (Å²) in [4.78, 5) is 11.8. The fourth-order valence-corrected chi connectivity index (χ4v) is 2.38. The van der Waals surface area contributed by atoms with Crippen molar-refractivity contribution in [3.8, 4) is 11.5 Å². The van der Waals surface area contributed by atoms with Gasteiger partial charge in [0.2, 0.25) is 0 Å². The molecule has 3 nitrogen and oxygen atoms in total. The van der Waals surface area contributed by atoms with Crippen LogP contribution in [0, 0.1) is 0 Å². The molecule has 0 amide bonds. The summed E-state index contributed by atoms with van der Waals surface area (Å²) in [5.41, 5.74) is -0.693. The second-order valence-corrected chi connectivity index (χ2v) is 5.87. The molecule has 0 aliphatic heterocycles. The molecule has 0 aliphatic rings. The van der Waals surface area contributed by atoms with E-state index < -0.39 is 17.7 Å². The lowest BCUT2D eigenvalue weighted by Gasteiger charge is -2.13. The van der Waals surface area contributed by atoms with Crippen molar-refractivity contribution < 1.29 is 27.4 Å². The number of hydrogen-bond acceptors (Lipinski definition) is 3. The van der Waals surface area contributed by atoms with E-state index in [0.29, 0.717) is 4.47 Å². The van der Waals surface area contributed by atoms with Gasteiger partial charge in [-0.15, -0.1) is 0 Å². The molecule has 0 unspecified atom stereocenters. The molecule has 24 heavy (non-hydrogen) atoms. The molecule has 0 saturated heterocycles. The number of carbonyl (C=O) groups is 1. The SMILES string of the molecule is CCOC(=O)c1cc(Oc2cc(C(F)(F)F)ccc2Cl)ccc1Br. The van der Waals surface area contributed by atoms with E-state index in [9.17, 15) is 18.0 Å². The zero-order valence-electron chi connectivity index (χ0n) is 12.3. The van der Waals surface area contributed by atoms with E-state index in [1.807, 2.05) is 0 Å². The fraction of sp³-hybridized carbons (Fsp3) is 0.188. The Kier molecular flexibility index (Phi) is 5.77. The Balaban J connectivity index is 2.35. The summed E-state index contributed by atoms with van der Waals surface area (Å²) in [6, 6.07) is 7.14. The Morgan fingerprint density at radius 1 is 1.21 bits per heavy atom. The van der Waals surface area contributed by atoms with Gasteiger partial charge in [0, 0.05) is 4.47 Å². The Labute approximate surface area is 149 Å². The maximum absolute atomic E-state index is 12.8. The molecule has 8 heteroatoms. The second kappa shape index (κ2) is 7.44. The zero-order chi connectivity index (χ0) is 17.9. The first-order valence-corrected chi connectivity index (χ1v) is 7.90. The summed E-state index contributed by atoms with van der Waals surface area (Å²) in [6.07, 6.45) is -4.52. The van der Waals surface area contributed by atoms with Crippen LogP contribution in [0.5, 0.6) is 11.5 Å². The highest BCUT2D eigenvalue weighted by molar-refractivity contribution is 9.10. The van der Waals surface area contributed by atoms with Gasteiger partial charge in [0.05, 0.1) is 22.8 Å². The van der Waals surface area contributed by atoms with Gasteiger partial charge < -0.3 is 9.47 Å². The first-order chi connectivity index (χ1) is 11.2. The number of halogens is 5. The molecular formula is C16H11BrClF3O3. The van der Waals surface area contributed by atoms with E-state index in [0.717, 1.165) is 18.2 Å². The van der Waals surface area contributed by atoms with E-state index in [1.54, 1.807) is 6.92 Å². The molecule has 128 valence electrons. The van der Waals surface area contributed by atoms with Gasteiger partial charge >= 0.3 is 12.1 Å². The molecule has 0 spiro atoms. The summed E-state index contributed by atoms with van der Waals surface area (Å²) < 4.78 is 49.1. The lowest BCUT2D eigenvalue weighted by molar-refractivity contribution is -0.137. The minimum atomic E-state index is -4.52. The van der Waals surface area contributed by atoms with Gasteiger partial charge in [-0.2, -0.15) is 13.2 Å². The molecule has 2 rings (SSSR count). The monoisotopic (exact) mass is 422 g/mol. The van der Waals surface area contributed by atoms with Crippen LogP contribution in [0.2, 0.25) is 5.02 Å². The summed E-state index contributed by atoms with van der Waals surface area (Å²) in [5, 5.41) is 0.0172. The summed E-state index contributed by atoms with van der Waals surface area (Å²) >= 11 is 9.09. The quantitative estimate of drug-likeness (QED) is 0.558. The van der Waals surface area contributed by atoms with Crippen LogP contribution < -0.4 is 4.74 Å². The van der Waals surface area contributed by atoms with Crippen LogP contribution in [0.15, 0.2) is 40.9 Å². The Morgan fingerprint density at radius 3 is 2.54 bits per heavy atom. The predicted molar refractivity (Wildman–Crippen MR) is 86.6 cm³/mol. The van der Waals surface area contributed by atoms with Crippen molar-refractivity contribution in [2.24, 2.45) is 0 Å². The van der Waals surface area contributed by atoms with Crippen molar-refractivity contribution in [2.75, 3.05) is 6.61 Å². The largest absolute Gasteiger partial charge is 0.462 e. The van der Waals surface area contributed by atoms with Crippen LogP contribution in [0.3, 0.4) is 0 Å². The number of benzene rings is 2. The summed E-state index contributed by atoms with van der Waals surface area (Å²) in [7, 11) is 0. The van der Waals surface area contributed by atoms with Crippen molar-refractivity contribution in [3.05, 3.63) is 57.0 Å². The molecule has 0 aromatic heterocycles. The summed E-state index contributed by atoms with van der Waals surface area (Å²) in [5.74, 6) is -0.587. The van der Waals surface area contributed by atoms with Crippen molar-refractivity contribution in [1.82, 2.24) is 0 Å². The molecule has 0 N–H and O–H groups in total. The number of ether oxygens (including phenoxy) is 2. The Bertz CT molecular complexity index is 763. The van der Waals surface area contributed by atoms with E-state index in [2.05, 4.69) is 15.9 Å². The van der Waals surface area contributed by atoms with Gasteiger partial charge in [-0.05, 0) is 59.3 Å². The number of alkyl halides is 3. The molecular weight excluding hydrogens is 413 g/mol. The molecule has 0 heterocycles. The third-order valence-corrected chi connectivity index (χ3v) is 3.92. The van der Waals surface area contributed by atoms with Gasteiger partial charge in [-0.25, -0.2) is 4.79 Å². The first-order valence-electron chi connectivity index (χ1n) is 6.73. The van der Waals surface area contributed by atoms with Crippen molar-refractivity contribution in [1.29, 1.82) is 0 Å². The standard InChI is InChI=1S/C16H11BrClF3O3/c1-2-23-15(22)11-8-10(4-5-12(11)17)24-14-7-9(16(19,20)21)3-6-13(14)18/h3-8H,2H2,1H3. The molecule has 0 radical (unpaired) electrons. The molecule has 0 fully saturated rings. The molecule has 0 aliphatic carbocycles. The maximum atomic E-state index is 12.8. The number of hydrogen-bond donors (Lipinski definition) is 0.